The Morgan fingerprint density at radius 1 is 1.19 bits per heavy atom. The molecule has 7 heteroatoms. The summed E-state index contributed by atoms with van der Waals surface area (Å²) in [6, 6.07) is 8.00. The number of carbonyl (C=O) groups excluding carboxylic acids is 1. The Bertz CT molecular complexity index is 703. The van der Waals surface area contributed by atoms with Gasteiger partial charge in [-0.3, -0.25) is 10.1 Å². The van der Waals surface area contributed by atoms with E-state index in [1.807, 2.05) is 0 Å². The molecular weight excluding hydrogens is 284 g/mol. The van der Waals surface area contributed by atoms with Crippen LogP contribution in [0.4, 0.5) is 14.5 Å². The largest absolute Gasteiger partial charge is 0.457 e. The van der Waals surface area contributed by atoms with E-state index in [0.29, 0.717) is 11.6 Å². The van der Waals surface area contributed by atoms with Gasteiger partial charge in [0.25, 0.3) is 5.69 Å². The van der Waals surface area contributed by atoms with Gasteiger partial charge in [-0.05, 0) is 17.7 Å². The van der Waals surface area contributed by atoms with Crippen molar-refractivity contribution in [3.63, 3.8) is 0 Å². The van der Waals surface area contributed by atoms with Gasteiger partial charge in [0, 0.05) is 18.2 Å². The lowest BCUT2D eigenvalue weighted by Crippen LogP contribution is -2.08. The van der Waals surface area contributed by atoms with E-state index in [9.17, 15) is 23.7 Å². The van der Waals surface area contributed by atoms with Crippen molar-refractivity contribution in [1.82, 2.24) is 0 Å². The molecule has 0 aliphatic heterocycles. The van der Waals surface area contributed by atoms with Gasteiger partial charge in [0.05, 0.1) is 10.5 Å². The summed E-state index contributed by atoms with van der Waals surface area (Å²) in [6.07, 6.45) is 0. The van der Waals surface area contributed by atoms with Gasteiger partial charge in [0.1, 0.15) is 18.2 Å². The highest BCUT2D eigenvalue weighted by molar-refractivity contribution is 5.89. The van der Waals surface area contributed by atoms with Gasteiger partial charge in [-0.25, -0.2) is 13.6 Å². The fourth-order valence-electron chi connectivity index (χ4n) is 1.64. The van der Waals surface area contributed by atoms with Gasteiger partial charge in [0.2, 0.25) is 0 Å². The van der Waals surface area contributed by atoms with E-state index < -0.39 is 28.1 Å². The summed E-state index contributed by atoms with van der Waals surface area (Å²) in [6.45, 7) is -0.253. The second-order valence-corrected chi connectivity index (χ2v) is 4.13. The fraction of sp³-hybridized carbons (Fsp3) is 0.0714. The van der Waals surface area contributed by atoms with Crippen LogP contribution in [0.1, 0.15) is 15.9 Å². The van der Waals surface area contributed by atoms with Crippen LogP contribution >= 0.6 is 0 Å². The highest BCUT2D eigenvalue weighted by Gasteiger charge is 2.14. The number of nitro benzene ring substituents is 1. The molecule has 0 aromatic heterocycles. The molecule has 0 bridgehead atoms. The van der Waals surface area contributed by atoms with Crippen molar-refractivity contribution >= 4 is 11.7 Å². The lowest BCUT2D eigenvalue weighted by molar-refractivity contribution is -0.384. The molecule has 0 heterocycles. The first-order valence-electron chi connectivity index (χ1n) is 5.83. The fourth-order valence-corrected chi connectivity index (χ4v) is 1.64. The van der Waals surface area contributed by atoms with Crippen LogP contribution < -0.4 is 0 Å². The number of benzene rings is 2. The predicted molar refractivity (Wildman–Crippen MR) is 68.6 cm³/mol. The second-order valence-electron chi connectivity index (χ2n) is 4.13. The second kappa shape index (κ2) is 6.08. The number of hydrogen-bond acceptors (Lipinski definition) is 4. The number of halogens is 2. The minimum Gasteiger partial charge on any atom is -0.457 e. The maximum absolute atomic E-state index is 13.4. The molecule has 0 spiro atoms. The molecule has 0 saturated carbocycles. The standard InChI is InChI=1S/C14H9F2NO4/c15-10-4-5-12(13(16)7-10)14(18)21-8-9-2-1-3-11(6-9)17(19)20/h1-7H,8H2. The van der Waals surface area contributed by atoms with E-state index in [1.54, 1.807) is 0 Å². The maximum atomic E-state index is 13.4. The van der Waals surface area contributed by atoms with Crippen molar-refractivity contribution in [2.24, 2.45) is 0 Å². The van der Waals surface area contributed by atoms with E-state index in [0.717, 1.165) is 12.1 Å². The molecule has 0 saturated heterocycles. The number of hydrogen-bond donors (Lipinski definition) is 0. The Labute approximate surface area is 117 Å². The first-order valence-corrected chi connectivity index (χ1v) is 5.83. The lowest BCUT2D eigenvalue weighted by atomic mass is 10.2. The normalized spacial score (nSPS) is 10.2. The Morgan fingerprint density at radius 3 is 2.62 bits per heavy atom. The first kappa shape index (κ1) is 14.6. The molecule has 21 heavy (non-hydrogen) atoms. The predicted octanol–water partition coefficient (Wildman–Crippen LogP) is 3.23. The van der Waals surface area contributed by atoms with Crippen LogP contribution in [0.2, 0.25) is 0 Å². The monoisotopic (exact) mass is 293 g/mol. The zero-order valence-electron chi connectivity index (χ0n) is 10.6. The topological polar surface area (TPSA) is 69.4 Å². The number of nitro groups is 1. The van der Waals surface area contributed by atoms with Crippen LogP contribution in [0.25, 0.3) is 0 Å². The molecule has 0 radical (unpaired) electrons. The minimum atomic E-state index is -1.03. The summed E-state index contributed by atoms with van der Waals surface area (Å²) in [5.74, 6) is -2.80. The molecule has 0 aliphatic rings. The van der Waals surface area contributed by atoms with Gasteiger partial charge in [-0.15, -0.1) is 0 Å². The molecule has 0 aliphatic carbocycles. The summed E-state index contributed by atoms with van der Waals surface area (Å²) in [5, 5.41) is 10.6. The molecule has 2 aromatic carbocycles. The minimum absolute atomic E-state index is 0.142. The highest BCUT2D eigenvalue weighted by atomic mass is 19.1. The lowest BCUT2D eigenvalue weighted by Gasteiger charge is -2.06. The third-order valence-corrected chi connectivity index (χ3v) is 2.64. The number of rotatable bonds is 4. The Morgan fingerprint density at radius 2 is 1.95 bits per heavy atom. The molecule has 0 atom stereocenters. The number of nitrogens with zero attached hydrogens (tertiary/aromatic N) is 1. The average molecular weight is 293 g/mol. The van der Waals surface area contributed by atoms with Crippen LogP contribution in [0.3, 0.4) is 0 Å². The van der Waals surface area contributed by atoms with Gasteiger partial charge >= 0.3 is 5.97 Å². The van der Waals surface area contributed by atoms with Crippen molar-refractivity contribution in [2.45, 2.75) is 6.61 Å². The van der Waals surface area contributed by atoms with E-state index in [-0.39, 0.29) is 12.3 Å². The van der Waals surface area contributed by atoms with Crippen molar-refractivity contribution in [2.75, 3.05) is 0 Å². The van der Waals surface area contributed by atoms with E-state index in [1.165, 1.54) is 24.3 Å². The third kappa shape index (κ3) is 3.59. The van der Waals surface area contributed by atoms with Crippen molar-refractivity contribution < 1.29 is 23.2 Å². The van der Waals surface area contributed by atoms with Crippen LogP contribution in [0.15, 0.2) is 42.5 Å². The van der Waals surface area contributed by atoms with Gasteiger partial charge in [-0.2, -0.15) is 0 Å². The zero-order valence-corrected chi connectivity index (χ0v) is 10.6. The van der Waals surface area contributed by atoms with Crippen LogP contribution in [0, 0.1) is 21.7 Å². The average Bonchev–Trinajstić information content (AvgIpc) is 2.45. The van der Waals surface area contributed by atoms with E-state index >= 15 is 0 Å². The van der Waals surface area contributed by atoms with Crippen molar-refractivity contribution in [3.05, 3.63) is 75.3 Å². The molecule has 5 nitrogen and oxygen atoms in total. The molecular formula is C14H9F2NO4. The maximum Gasteiger partial charge on any atom is 0.341 e. The zero-order chi connectivity index (χ0) is 15.4. The van der Waals surface area contributed by atoms with Crippen LogP contribution in [0.5, 0.6) is 0 Å². The summed E-state index contributed by atoms with van der Waals surface area (Å²) in [7, 11) is 0. The SMILES string of the molecule is O=C(OCc1cccc([N+](=O)[O-])c1)c1ccc(F)cc1F. The number of non-ortho nitro benzene ring substituents is 1. The molecule has 0 amide bonds. The van der Waals surface area contributed by atoms with Crippen molar-refractivity contribution in [1.29, 1.82) is 0 Å². The van der Waals surface area contributed by atoms with Gasteiger partial charge in [0.15, 0.2) is 0 Å². The molecule has 2 rings (SSSR count). The van der Waals surface area contributed by atoms with Crippen molar-refractivity contribution in [3.8, 4) is 0 Å². The number of ether oxygens (including phenoxy) is 1. The van der Waals surface area contributed by atoms with E-state index in [4.69, 9.17) is 4.74 Å². The van der Waals surface area contributed by atoms with Crippen LogP contribution in [-0.4, -0.2) is 10.9 Å². The summed E-state index contributed by atoms with van der Waals surface area (Å²) in [5.41, 5.74) is -0.154. The molecule has 108 valence electrons. The number of carbonyl (C=O) groups is 1. The molecule has 2 aromatic rings. The summed E-state index contributed by atoms with van der Waals surface area (Å²) >= 11 is 0. The summed E-state index contributed by atoms with van der Waals surface area (Å²) < 4.78 is 30.9. The molecule has 0 unspecified atom stereocenters. The number of esters is 1. The Kier molecular flexibility index (Phi) is 4.22. The molecule has 0 fully saturated rings. The van der Waals surface area contributed by atoms with E-state index in [2.05, 4.69) is 0 Å². The smallest absolute Gasteiger partial charge is 0.341 e. The Balaban J connectivity index is 2.07. The Hall–Kier alpha value is -2.83. The van der Waals surface area contributed by atoms with Gasteiger partial charge < -0.3 is 4.74 Å². The quantitative estimate of drug-likeness (QED) is 0.493. The first-order chi connectivity index (χ1) is 9.97. The van der Waals surface area contributed by atoms with Gasteiger partial charge in [-0.1, -0.05) is 12.1 Å². The van der Waals surface area contributed by atoms with Crippen LogP contribution in [-0.2, 0) is 11.3 Å². The summed E-state index contributed by atoms with van der Waals surface area (Å²) in [4.78, 5) is 21.7. The third-order valence-electron chi connectivity index (χ3n) is 2.64. The highest BCUT2D eigenvalue weighted by Crippen LogP contribution is 2.15. The molecule has 0 N–H and O–H groups in total.